The molecule has 0 aliphatic carbocycles. The summed E-state index contributed by atoms with van der Waals surface area (Å²) in [6.07, 6.45) is 0.906. The third-order valence-electron chi connectivity index (χ3n) is 5.37. The van der Waals surface area contributed by atoms with Crippen molar-refractivity contribution < 1.29 is 23.4 Å². The zero-order valence-corrected chi connectivity index (χ0v) is 18.8. The van der Waals surface area contributed by atoms with Crippen molar-refractivity contribution in [2.75, 3.05) is 35.0 Å². The molecule has 0 amide bonds. The summed E-state index contributed by atoms with van der Waals surface area (Å²) in [7, 11) is 6.49. The van der Waals surface area contributed by atoms with E-state index in [0.29, 0.717) is 28.9 Å². The standard InChI is InChI=1S/C22H25N3O5S/c1-26-17-6-5-15(10-18(17)27-2)21-23-25(22(31)30-21)13-24-8-7-14-9-19(28-3)20(29-4)11-16(14)12-24/h5-6,9-11H,7-8,12-13H2,1-4H3. The number of hydrogen-bond donors (Lipinski definition) is 0. The van der Waals surface area contributed by atoms with Gasteiger partial charge in [0.2, 0.25) is 5.89 Å². The molecule has 9 heteroatoms. The van der Waals surface area contributed by atoms with Gasteiger partial charge in [-0.05, 0) is 60.1 Å². The van der Waals surface area contributed by atoms with Gasteiger partial charge in [-0.3, -0.25) is 4.90 Å². The first-order chi connectivity index (χ1) is 15.1. The highest BCUT2D eigenvalue weighted by Crippen LogP contribution is 2.34. The van der Waals surface area contributed by atoms with Crippen LogP contribution in [0.1, 0.15) is 11.1 Å². The molecular formula is C22H25N3O5S. The Hall–Kier alpha value is -3.04. The molecule has 31 heavy (non-hydrogen) atoms. The molecule has 0 radical (unpaired) electrons. The van der Waals surface area contributed by atoms with E-state index in [0.717, 1.165) is 36.6 Å². The summed E-state index contributed by atoms with van der Waals surface area (Å²) in [5.41, 5.74) is 3.24. The van der Waals surface area contributed by atoms with Gasteiger partial charge < -0.3 is 23.4 Å². The van der Waals surface area contributed by atoms with Crippen LogP contribution in [0.3, 0.4) is 0 Å². The average molecular weight is 444 g/mol. The largest absolute Gasteiger partial charge is 0.493 e. The minimum absolute atomic E-state index is 0.322. The summed E-state index contributed by atoms with van der Waals surface area (Å²) in [4.78, 5) is 2.59. The first-order valence-corrected chi connectivity index (χ1v) is 10.2. The lowest BCUT2D eigenvalue weighted by atomic mass is 9.99. The van der Waals surface area contributed by atoms with Gasteiger partial charge in [0.1, 0.15) is 0 Å². The second kappa shape index (κ2) is 8.99. The van der Waals surface area contributed by atoms with Crippen molar-refractivity contribution in [1.82, 2.24) is 14.7 Å². The Kier molecular flexibility index (Phi) is 6.15. The zero-order valence-electron chi connectivity index (χ0n) is 18.0. The topological polar surface area (TPSA) is 71.1 Å². The molecule has 0 unspecified atom stereocenters. The van der Waals surface area contributed by atoms with Crippen LogP contribution in [-0.4, -0.2) is 49.7 Å². The summed E-state index contributed by atoms with van der Waals surface area (Å²) in [6, 6.07) is 9.60. The van der Waals surface area contributed by atoms with Crippen LogP contribution in [0.4, 0.5) is 0 Å². The Morgan fingerprint density at radius 1 is 0.903 bits per heavy atom. The van der Waals surface area contributed by atoms with Gasteiger partial charge in [-0.2, -0.15) is 0 Å². The van der Waals surface area contributed by atoms with Gasteiger partial charge in [0.15, 0.2) is 23.0 Å². The van der Waals surface area contributed by atoms with E-state index in [-0.39, 0.29) is 0 Å². The van der Waals surface area contributed by atoms with Crippen LogP contribution < -0.4 is 18.9 Å². The van der Waals surface area contributed by atoms with Crippen LogP contribution in [0.15, 0.2) is 34.7 Å². The predicted molar refractivity (Wildman–Crippen MR) is 118 cm³/mol. The normalized spacial score (nSPS) is 13.5. The van der Waals surface area contributed by atoms with Crippen molar-refractivity contribution in [3.05, 3.63) is 46.3 Å². The minimum atomic E-state index is 0.322. The van der Waals surface area contributed by atoms with Gasteiger partial charge in [0.25, 0.3) is 4.84 Å². The van der Waals surface area contributed by atoms with E-state index in [1.807, 2.05) is 24.3 Å². The van der Waals surface area contributed by atoms with Crippen LogP contribution in [0.2, 0.25) is 0 Å². The van der Waals surface area contributed by atoms with Crippen molar-refractivity contribution in [2.24, 2.45) is 0 Å². The second-order valence-electron chi connectivity index (χ2n) is 7.16. The summed E-state index contributed by atoms with van der Waals surface area (Å²) in [5.74, 6) is 3.18. The number of fused-ring (bicyclic) bond motifs is 1. The molecule has 0 saturated heterocycles. The highest BCUT2D eigenvalue weighted by Gasteiger charge is 2.21. The van der Waals surface area contributed by atoms with Crippen LogP contribution in [-0.2, 0) is 19.6 Å². The van der Waals surface area contributed by atoms with Gasteiger partial charge >= 0.3 is 0 Å². The highest BCUT2D eigenvalue weighted by atomic mass is 32.1. The van der Waals surface area contributed by atoms with E-state index in [9.17, 15) is 0 Å². The summed E-state index contributed by atoms with van der Waals surface area (Å²) in [5, 5.41) is 4.59. The summed E-state index contributed by atoms with van der Waals surface area (Å²) in [6.45, 7) is 2.17. The van der Waals surface area contributed by atoms with E-state index in [4.69, 9.17) is 35.6 Å². The Balaban J connectivity index is 1.54. The van der Waals surface area contributed by atoms with E-state index < -0.39 is 0 Å². The van der Waals surface area contributed by atoms with Gasteiger partial charge in [-0.25, -0.2) is 4.68 Å². The van der Waals surface area contributed by atoms with E-state index in [2.05, 4.69) is 16.1 Å². The lowest BCUT2D eigenvalue weighted by Gasteiger charge is -2.29. The summed E-state index contributed by atoms with van der Waals surface area (Å²) >= 11 is 5.42. The molecule has 0 spiro atoms. The van der Waals surface area contributed by atoms with Crippen molar-refractivity contribution >= 4 is 12.2 Å². The fourth-order valence-electron chi connectivity index (χ4n) is 3.73. The molecule has 3 aromatic rings. The van der Waals surface area contributed by atoms with E-state index in [1.165, 1.54) is 11.1 Å². The Morgan fingerprint density at radius 3 is 2.23 bits per heavy atom. The highest BCUT2D eigenvalue weighted by molar-refractivity contribution is 7.71. The van der Waals surface area contributed by atoms with Crippen LogP contribution >= 0.6 is 12.2 Å². The average Bonchev–Trinajstić information content (AvgIpc) is 3.17. The van der Waals surface area contributed by atoms with Crippen LogP contribution in [0.5, 0.6) is 23.0 Å². The van der Waals surface area contributed by atoms with Gasteiger partial charge in [0.05, 0.1) is 35.1 Å². The first-order valence-electron chi connectivity index (χ1n) is 9.82. The lowest BCUT2D eigenvalue weighted by Crippen LogP contribution is -2.32. The molecule has 4 rings (SSSR count). The Bertz CT molecular complexity index is 1140. The molecule has 0 atom stereocenters. The smallest absolute Gasteiger partial charge is 0.288 e. The number of rotatable bonds is 7. The zero-order chi connectivity index (χ0) is 22.0. The molecule has 8 nitrogen and oxygen atoms in total. The fraction of sp³-hybridized carbons (Fsp3) is 0.364. The van der Waals surface area contributed by atoms with E-state index >= 15 is 0 Å². The van der Waals surface area contributed by atoms with Crippen molar-refractivity contribution in [3.63, 3.8) is 0 Å². The van der Waals surface area contributed by atoms with Crippen LogP contribution in [0, 0.1) is 4.84 Å². The lowest BCUT2D eigenvalue weighted by molar-refractivity contribution is 0.185. The Labute approximate surface area is 185 Å². The molecule has 0 fully saturated rings. The van der Waals surface area contributed by atoms with Crippen molar-refractivity contribution in [3.8, 4) is 34.5 Å². The molecule has 1 aromatic heterocycles. The molecule has 1 aliphatic rings. The minimum Gasteiger partial charge on any atom is -0.493 e. The second-order valence-corrected chi connectivity index (χ2v) is 7.51. The Morgan fingerprint density at radius 2 is 1.55 bits per heavy atom. The third-order valence-corrected chi connectivity index (χ3v) is 5.66. The predicted octanol–water partition coefficient (Wildman–Crippen LogP) is 3.92. The van der Waals surface area contributed by atoms with Gasteiger partial charge in [-0.15, -0.1) is 5.10 Å². The maximum absolute atomic E-state index is 5.76. The SMILES string of the molecule is COc1ccc(-c2nn(CN3CCc4cc(OC)c(OC)cc4C3)c(=S)o2)cc1OC. The molecule has 0 saturated carbocycles. The monoisotopic (exact) mass is 443 g/mol. The third kappa shape index (κ3) is 4.24. The molecule has 0 bridgehead atoms. The number of hydrogen-bond acceptors (Lipinski definition) is 8. The molecular weight excluding hydrogens is 418 g/mol. The van der Waals surface area contributed by atoms with E-state index in [1.54, 1.807) is 33.1 Å². The van der Waals surface area contributed by atoms with Gasteiger partial charge in [0, 0.05) is 18.7 Å². The maximum atomic E-state index is 5.76. The number of nitrogens with zero attached hydrogens (tertiary/aromatic N) is 3. The number of methoxy groups -OCH3 is 4. The molecule has 0 N–H and O–H groups in total. The molecule has 1 aliphatic heterocycles. The number of aromatic nitrogens is 2. The van der Waals surface area contributed by atoms with Crippen LogP contribution in [0.25, 0.3) is 11.5 Å². The van der Waals surface area contributed by atoms with Gasteiger partial charge in [-0.1, -0.05) is 0 Å². The summed E-state index contributed by atoms with van der Waals surface area (Å²) < 4.78 is 29.0. The quantitative estimate of drug-likeness (QED) is 0.509. The first kappa shape index (κ1) is 21.2. The number of ether oxygens (including phenoxy) is 4. The molecule has 164 valence electrons. The molecule has 2 aromatic carbocycles. The fourth-order valence-corrected chi connectivity index (χ4v) is 3.91. The van der Waals surface area contributed by atoms with Crippen molar-refractivity contribution in [1.29, 1.82) is 0 Å². The molecule has 2 heterocycles. The number of benzene rings is 2. The maximum Gasteiger partial charge on any atom is 0.288 e. The van der Waals surface area contributed by atoms with Crippen molar-refractivity contribution in [2.45, 2.75) is 19.6 Å².